The quantitative estimate of drug-likeness (QED) is 0.0761. The van der Waals surface area contributed by atoms with Crippen LogP contribution >= 0.6 is 0 Å². The van der Waals surface area contributed by atoms with E-state index in [9.17, 15) is 20.1 Å². The molecule has 0 amide bonds. The van der Waals surface area contributed by atoms with Gasteiger partial charge in [0.2, 0.25) is 0 Å². The summed E-state index contributed by atoms with van der Waals surface area (Å²) in [5.74, 6) is 0. The van der Waals surface area contributed by atoms with Gasteiger partial charge in [-0.05, 0) is 51.5 Å². The van der Waals surface area contributed by atoms with Crippen LogP contribution in [0.5, 0.6) is 0 Å². The molecule has 41 heavy (non-hydrogen) atoms. The summed E-state index contributed by atoms with van der Waals surface area (Å²) in [5, 5.41) is 47.4. The molecule has 7 N–H and O–H groups in total. The smallest absolute Gasteiger partial charge is 1.00 e. The van der Waals surface area contributed by atoms with E-state index in [1.807, 2.05) is 45.2 Å². The van der Waals surface area contributed by atoms with Crippen molar-refractivity contribution in [3.63, 3.8) is 0 Å². The molecule has 234 valence electrons. The number of fused-ring (bicyclic) bond motifs is 3. The first-order valence-electron chi connectivity index (χ1n) is 11.2. The van der Waals surface area contributed by atoms with Crippen LogP contribution in [0.1, 0.15) is 55.4 Å². The molecular weight excluding hydrogens is 741 g/mol. The number of ether oxygens (including phenoxy) is 1. The Morgan fingerprint density at radius 2 is 1.29 bits per heavy atom. The zero-order valence-electron chi connectivity index (χ0n) is 24.5. The van der Waals surface area contributed by atoms with Gasteiger partial charge in [-0.2, -0.15) is 0 Å². The first kappa shape index (κ1) is 47.5. The maximum atomic E-state index is 10.2. The van der Waals surface area contributed by atoms with E-state index >= 15 is 0 Å². The summed E-state index contributed by atoms with van der Waals surface area (Å²) in [5.41, 5.74) is -0.316. The first-order valence-corrected chi connectivity index (χ1v) is 11.2. The number of rotatable bonds is 1. The van der Waals surface area contributed by atoms with Crippen LogP contribution in [-0.4, -0.2) is 38.7 Å². The zero-order valence-corrected chi connectivity index (χ0v) is 27.5. The van der Waals surface area contributed by atoms with E-state index in [1.165, 1.54) is 16.2 Å². The molecule has 2 aromatic carbocycles. The summed E-state index contributed by atoms with van der Waals surface area (Å²) < 4.78 is 4.24. The molecule has 13 nitrogen and oxygen atoms in total. The minimum Gasteiger partial charge on any atom is -1.00 e. The predicted octanol–water partition coefficient (Wildman–Crippen LogP) is 0.398. The van der Waals surface area contributed by atoms with Crippen LogP contribution in [0.25, 0.3) is 21.7 Å². The summed E-state index contributed by atoms with van der Waals surface area (Å²) >= 11 is 0. The summed E-state index contributed by atoms with van der Waals surface area (Å²) in [6.07, 6.45) is -0.889. The van der Waals surface area contributed by atoms with E-state index in [0.29, 0.717) is 0 Å². The Morgan fingerprint density at radius 1 is 0.878 bits per heavy atom. The molecule has 0 bridgehead atoms. The normalized spacial score (nSPS) is 9.85. The van der Waals surface area contributed by atoms with Crippen molar-refractivity contribution in [2.45, 2.75) is 66.5 Å². The molecule has 1 heterocycles. The van der Waals surface area contributed by atoms with Crippen molar-refractivity contribution in [3.8, 4) is 0 Å². The fraction of sp³-hybridized carbons (Fsp3) is 0.423. The molecule has 0 radical (unpaired) electrons. The molecule has 0 atom stereocenters. The maximum absolute atomic E-state index is 10.2. The van der Waals surface area contributed by atoms with Crippen LogP contribution in [0.15, 0.2) is 59.7 Å². The summed E-state index contributed by atoms with van der Waals surface area (Å²) in [6, 6.07) is 16.6. The van der Waals surface area contributed by atoms with Crippen molar-refractivity contribution < 1.29 is 68.6 Å². The average molecular weight is 781 g/mol. The van der Waals surface area contributed by atoms with Gasteiger partial charge in [-0.25, -0.2) is 0 Å². The van der Waals surface area contributed by atoms with Crippen LogP contribution in [0.2, 0.25) is 0 Å². The van der Waals surface area contributed by atoms with Gasteiger partial charge in [0.1, 0.15) is 0 Å². The number of aliphatic imine (C=N–C) groups is 1. The second kappa shape index (κ2) is 20.6. The molecular formula is C26H40ClN5O8Pt. The van der Waals surface area contributed by atoms with Crippen molar-refractivity contribution in [1.29, 1.82) is 0 Å². The van der Waals surface area contributed by atoms with Gasteiger partial charge in [0.05, 0.1) is 11.1 Å². The fourth-order valence-electron chi connectivity index (χ4n) is 2.45. The average Bonchev–Trinajstić information content (AvgIpc) is 2.71. The van der Waals surface area contributed by atoms with E-state index in [1.54, 1.807) is 34.6 Å². The molecule has 0 spiro atoms. The minimum atomic E-state index is -1.50. The van der Waals surface area contributed by atoms with Gasteiger partial charge in [-0.3, -0.25) is 4.98 Å². The number of halogens is 1. The van der Waals surface area contributed by atoms with E-state index in [-0.39, 0.29) is 51.2 Å². The third-order valence-electron chi connectivity index (χ3n) is 5.09. The molecule has 3 aromatic rings. The molecule has 0 unspecified atom stereocenters. The van der Waals surface area contributed by atoms with Gasteiger partial charge in [0.25, 0.3) is 11.2 Å². The summed E-state index contributed by atoms with van der Waals surface area (Å²) in [7, 11) is 0. The number of carbonyl (C=O) groups is 1. The number of benzene rings is 2. The number of aromatic nitrogens is 1. The van der Waals surface area contributed by atoms with Crippen LogP contribution in [0, 0.1) is 15.5 Å². The molecule has 0 saturated heterocycles. The Kier molecular flexibility index (Phi) is 23.9. The van der Waals surface area contributed by atoms with E-state index in [4.69, 9.17) is 15.3 Å². The molecule has 3 rings (SSSR count). The van der Waals surface area contributed by atoms with Gasteiger partial charge >= 0.3 is 21.1 Å². The number of hydrogen-bond donors (Lipinski definition) is 3. The second-order valence-corrected chi connectivity index (χ2v) is 10.3. The zero-order chi connectivity index (χ0) is 29.0. The summed E-state index contributed by atoms with van der Waals surface area (Å²) in [4.78, 5) is 25.9. The Morgan fingerprint density at radius 3 is 1.63 bits per heavy atom. The van der Waals surface area contributed by atoms with Gasteiger partial charge in [0, 0.05) is 22.6 Å². The third kappa shape index (κ3) is 20.3. The van der Waals surface area contributed by atoms with Gasteiger partial charge in [-0.15, -0.1) is 16.2 Å². The largest absolute Gasteiger partial charge is 4.00 e. The fourth-order valence-corrected chi connectivity index (χ4v) is 2.45. The Balaban J connectivity index is -0.000000146. The molecule has 0 aliphatic rings. The van der Waals surface area contributed by atoms with Crippen LogP contribution in [0.4, 0.5) is 4.79 Å². The molecule has 1 aromatic heterocycles. The van der Waals surface area contributed by atoms with Crippen LogP contribution in [0.3, 0.4) is 0 Å². The molecule has 0 saturated carbocycles. The van der Waals surface area contributed by atoms with Crippen molar-refractivity contribution in [3.05, 3.63) is 64.8 Å². The SMILES string of the molecule is CC(C)(C)C(C)(C)N=C([O-])[O-].CC(C)(C)OC(=O)[O-].N.N.O=[N+]([O-])O.[Cl-].[Pt+4].c1ccc2c(c1)cnc1ccccc12. The van der Waals surface area contributed by atoms with Crippen molar-refractivity contribution in [2.24, 2.45) is 10.4 Å². The van der Waals surface area contributed by atoms with Crippen molar-refractivity contribution in [1.82, 2.24) is 17.3 Å². The predicted molar refractivity (Wildman–Crippen MR) is 145 cm³/mol. The third-order valence-corrected chi connectivity index (χ3v) is 5.09. The van der Waals surface area contributed by atoms with Crippen molar-refractivity contribution >= 4 is 33.9 Å². The monoisotopic (exact) mass is 780 g/mol. The molecule has 0 aliphatic heterocycles. The second-order valence-electron chi connectivity index (χ2n) is 10.3. The molecule has 0 fully saturated rings. The van der Waals surface area contributed by atoms with Gasteiger partial charge < -0.3 is 59.8 Å². The minimum absolute atomic E-state index is 0. The van der Waals surface area contributed by atoms with Gasteiger partial charge in [-0.1, -0.05) is 63.2 Å². The standard InChI is InChI=1S/C13H9N.C8H17NO2.C5H10O3.ClH.HNO3.2H3N.Pt/c1-2-6-11-10(5-1)9-14-13-8-4-3-7-12(11)13;1-7(2,3)8(4,5)9-6(10)11;1-5(2,3)8-4(6)7;;2-1(3)4;;;/h1-9H;1-5H3,(H2,9,10,11);1-3H3,(H,6,7);1H;(H,2,3,4);2*1H3;/q;;;;;;;+4/p-4. The molecule has 0 aliphatic carbocycles. The van der Waals surface area contributed by atoms with Gasteiger partial charge in [0.15, 0.2) is 0 Å². The Hall–Kier alpha value is -3.25. The van der Waals surface area contributed by atoms with E-state index in [0.717, 1.165) is 5.52 Å². The topological polar surface area (TPSA) is 254 Å². The Labute approximate surface area is 261 Å². The van der Waals surface area contributed by atoms with Crippen molar-refractivity contribution in [2.75, 3.05) is 0 Å². The first-order chi connectivity index (χ1) is 16.8. The number of para-hydroxylation sites is 1. The van der Waals surface area contributed by atoms with E-state index in [2.05, 4.69) is 45.0 Å². The summed E-state index contributed by atoms with van der Waals surface area (Å²) in [6.45, 7) is 14.3. The number of pyridine rings is 1. The molecule has 15 heteroatoms. The number of carboxylic acid groups (broad SMARTS) is 1. The number of nitrogens with zero attached hydrogens (tertiary/aromatic N) is 3. The Bertz CT molecular complexity index is 1150. The number of hydrogen-bond acceptors (Lipinski definition) is 11. The number of carbonyl (C=O) groups excluding carboxylic acids is 1. The van der Waals surface area contributed by atoms with E-state index < -0.39 is 28.5 Å². The van der Waals surface area contributed by atoms with Crippen LogP contribution < -0.4 is 40.0 Å². The maximum Gasteiger partial charge on any atom is 4.00 e. The van der Waals surface area contributed by atoms with Crippen LogP contribution in [-0.2, 0) is 25.8 Å².